The minimum atomic E-state index is 0.298. The average Bonchev–Trinajstić information content (AvgIpc) is 2.22. The van der Waals surface area contributed by atoms with E-state index in [1.54, 1.807) is 0 Å². The summed E-state index contributed by atoms with van der Waals surface area (Å²) in [5.41, 5.74) is 0. The summed E-state index contributed by atoms with van der Waals surface area (Å²) in [7, 11) is 0. The lowest BCUT2D eigenvalue weighted by atomic mass is 9.88. The molecule has 16 heavy (non-hydrogen) atoms. The third-order valence-corrected chi connectivity index (χ3v) is 3.72. The highest BCUT2D eigenvalue weighted by atomic mass is 16.2. The molecule has 0 spiro atoms. The van der Waals surface area contributed by atoms with Crippen LogP contribution in [0.4, 0.5) is 0 Å². The van der Waals surface area contributed by atoms with Gasteiger partial charge in [-0.3, -0.25) is 4.79 Å². The van der Waals surface area contributed by atoms with Gasteiger partial charge in [0.1, 0.15) is 0 Å². The van der Waals surface area contributed by atoms with E-state index >= 15 is 0 Å². The van der Waals surface area contributed by atoms with E-state index in [4.69, 9.17) is 0 Å². The second kappa shape index (κ2) is 6.24. The SMILES string of the molecule is CCNC(C)CC(=O)N1CCC(C)C(C)C1. The quantitative estimate of drug-likeness (QED) is 0.794. The second-order valence-corrected chi connectivity index (χ2v) is 5.25. The van der Waals surface area contributed by atoms with E-state index in [0.29, 0.717) is 24.3 Å². The Labute approximate surface area is 99.6 Å². The van der Waals surface area contributed by atoms with E-state index in [2.05, 4.69) is 33.0 Å². The van der Waals surface area contributed by atoms with Gasteiger partial charge in [0, 0.05) is 25.6 Å². The normalized spacial score (nSPS) is 27.9. The lowest BCUT2D eigenvalue weighted by Crippen LogP contribution is -2.44. The first-order valence-corrected chi connectivity index (χ1v) is 6.55. The van der Waals surface area contributed by atoms with Crippen molar-refractivity contribution in [1.29, 1.82) is 0 Å². The number of likely N-dealkylation sites (tertiary alicyclic amines) is 1. The first-order chi connectivity index (χ1) is 7.54. The molecule has 0 aromatic carbocycles. The highest BCUT2D eigenvalue weighted by Gasteiger charge is 2.26. The first kappa shape index (κ1) is 13.5. The number of carbonyl (C=O) groups excluding carboxylic acids is 1. The van der Waals surface area contributed by atoms with Crippen LogP contribution in [0.15, 0.2) is 0 Å². The van der Waals surface area contributed by atoms with Crippen LogP contribution in [0.1, 0.15) is 40.5 Å². The van der Waals surface area contributed by atoms with Gasteiger partial charge in [-0.2, -0.15) is 0 Å². The fourth-order valence-corrected chi connectivity index (χ4v) is 2.30. The van der Waals surface area contributed by atoms with Crippen LogP contribution in [0.25, 0.3) is 0 Å². The summed E-state index contributed by atoms with van der Waals surface area (Å²) < 4.78 is 0. The number of hydrogen-bond donors (Lipinski definition) is 1. The molecule has 1 N–H and O–H groups in total. The van der Waals surface area contributed by atoms with Crippen LogP contribution >= 0.6 is 0 Å². The van der Waals surface area contributed by atoms with E-state index in [1.165, 1.54) is 0 Å². The van der Waals surface area contributed by atoms with Crippen LogP contribution in [0.2, 0.25) is 0 Å². The zero-order valence-corrected chi connectivity index (χ0v) is 11.1. The number of amides is 1. The van der Waals surface area contributed by atoms with Crippen LogP contribution in [0, 0.1) is 11.8 Å². The monoisotopic (exact) mass is 226 g/mol. The van der Waals surface area contributed by atoms with Gasteiger partial charge < -0.3 is 10.2 Å². The van der Waals surface area contributed by atoms with Crippen molar-refractivity contribution in [2.75, 3.05) is 19.6 Å². The summed E-state index contributed by atoms with van der Waals surface area (Å²) >= 11 is 0. The number of rotatable bonds is 4. The molecule has 0 aliphatic carbocycles. The van der Waals surface area contributed by atoms with Gasteiger partial charge in [0.25, 0.3) is 0 Å². The van der Waals surface area contributed by atoms with E-state index in [1.807, 2.05) is 4.90 Å². The van der Waals surface area contributed by atoms with Crippen LogP contribution in [0.5, 0.6) is 0 Å². The highest BCUT2D eigenvalue weighted by molar-refractivity contribution is 5.76. The highest BCUT2D eigenvalue weighted by Crippen LogP contribution is 2.22. The van der Waals surface area contributed by atoms with Gasteiger partial charge >= 0.3 is 0 Å². The molecule has 3 atom stereocenters. The standard InChI is InChI=1S/C13H26N2O/c1-5-14-12(4)8-13(16)15-7-6-10(2)11(3)9-15/h10-12,14H,5-9H2,1-4H3. The van der Waals surface area contributed by atoms with Crippen molar-refractivity contribution in [2.24, 2.45) is 11.8 Å². The maximum absolute atomic E-state index is 12.0. The number of piperidine rings is 1. The summed E-state index contributed by atoms with van der Waals surface area (Å²) in [5, 5.41) is 3.29. The Bertz CT molecular complexity index is 230. The van der Waals surface area contributed by atoms with E-state index in [-0.39, 0.29) is 0 Å². The lowest BCUT2D eigenvalue weighted by molar-refractivity contribution is -0.134. The van der Waals surface area contributed by atoms with Gasteiger partial charge in [0.2, 0.25) is 5.91 Å². The predicted molar refractivity (Wildman–Crippen MR) is 67.3 cm³/mol. The average molecular weight is 226 g/mol. The molecule has 1 aliphatic rings. The summed E-state index contributed by atoms with van der Waals surface area (Å²) in [5.74, 6) is 1.72. The molecule has 0 aromatic heterocycles. The molecule has 0 saturated carbocycles. The van der Waals surface area contributed by atoms with Crippen molar-refractivity contribution in [3.8, 4) is 0 Å². The van der Waals surface area contributed by atoms with E-state index in [9.17, 15) is 4.79 Å². The zero-order chi connectivity index (χ0) is 12.1. The molecule has 0 bridgehead atoms. The molecule has 1 heterocycles. The summed E-state index contributed by atoms with van der Waals surface area (Å²) in [6.45, 7) is 11.5. The van der Waals surface area contributed by atoms with Crippen molar-refractivity contribution in [2.45, 2.75) is 46.6 Å². The molecule has 1 amide bonds. The van der Waals surface area contributed by atoms with Crippen LogP contribution in [-0.4, -0.2) is 36.5 Å². The number of nitrogens with zero attached hydrogens (tertiary/aromatic N) is 1. The van der Waals surface area contributed by atoms with Crippen molar-refractivity contribution in [3.63, 3.8) is 0 Å². The van der Waals surface area contributed by atoms with Gasteiger partial charge in [0.15, 0.2) is 0 Å². The fourth-order valence-electron chi connectivity index (χ4n) is 2.30. The Kier molecular flexibility index (Phi) is 5.26. The molecule has 0 aromatic rings. The predicted octanol–water partition coefficient (Wildman–Crippen LogP) is 1.88. The molecular weight excluding hydrogens is 200 g/mol. The summed E-state index contributed by atoms with van der Waals surface area (Å²) in [4.78, 5) is 14.1. The summed E-state index contributed by atoms with van der Waals surface area (Å²) in [6, 6.07) is 0.298. The van der Waals surface area contributed by atoms with E-state index < -0.39 is 0 Å². The number of hydrogen-bond acceptors (Lipinski definition) is 2. The van der Waals surface area contributed by atoms with Gasteiger partial charge in [-0.05, 0) is 31.7 Å². The Morgan fingerprint density at radius 2 is 2.12 bits per heavy atom. The second-order valence-electron chi connectivity index (χ2n) is 5.25. The Morgan fingerprint density at radius 1 is 1.44 bits per heavy atom. The van der Waals surface area contributed by atoms with Crippen LogP contribution < -0.4 is 5.32 Å². The van der Waals surface area contributed by atoms with Crippen molar-refractivity contribution in [1.82, 2.24) is 10.2 Å². The molecule has 3 nitrogen and oxygen atoms in total. The minimum Gasteiger partial charge on any atom is -0.342 e. The number of nitrogens with one attached hydrogen (secondary N) is 1. The molecule has 3 unspecified atom stereocenters. The first-order valence-electron chi connectivity index (χ1n) is 6.55. The maximum Gasteiger partial charge on any atom is 0.224 e. The molecule has 1 aliphatic heterocycles. The zero-order valence-electron chi connectivity index (χ0n) is 11.1. The third kappa shape index (κ3) is 3.78. The summed E-state index contributed by atoms with van der Waals surface area (Å²) in [6.07, 6.45) is 1.79. The minimum absolute atomic E-state index is 0.298. The number of carbonyl (C=O) groups is 1. The van der Waals surface area contributed by atoms with Crippen LogP contribution in [-0.2, 0) is 4.79 Å². The Hall–Kier alpha value is -0.570. The van der Waals surface area contributed by atoms with Gasteiger partial charge in [-0.25, -0.2) is 0 Å². The van der Waals surface area contributed by atoms with Crippen LogP contribution in [0.3, 0.4) is 0 Å². The van der Waals surface area contributed by atoms with E-state index in [0.717, 1.165) is 32.0 Å². The third-order valence-electron chi connectivity index (χ3n) is 3.72. The fraction of sp³-hybridized carbons (Fsp3) is 0.923. The Morgan fingerprint density at radius 3 is 2.69 bits per heavy atom. The van der Waals surface area contributed by atoms with Gasteiger partial charge in [0.05, 0.1) is 0 Å². The smallest absolute Gasteiger partial charge is 0.224 e. The molecule has 1 saturated heterocycles. The van der Waals surface area contributed by atoms with Crippen molar-refractivity contribution >= 4 is 5.91 Å². The maximum atomic E-state index is 12.0. The molecule has 1 rings (SSSR count). The topological polar surface area (TPSA) is 32.3 Å². The van der Waals surface area contributed by atoms with Gasteiger partial charge in [-0.15, -0.1) is 0 Å². The molecule has 3 heteroatoms. The molecule has 94 valence electrons. The van der Waals surface area contributed by atoms with Gasteiger partial charge in [-0.1, -0.05) is 20.8 Å². The molecule has 0 radical (unpaired) electrons. The Balaban J connectivity index is 2.37. The largest absolute Gasteiger partial charge is 0.342 e. The molecule has 1 fully saturated rings. The van der Waals surface area contributed by atoms with Crippen molar-refractivity contribution < 1.29 is 4.79 Å². The molecular formula is C13H26N2O. The van der Waals surface area contributed by atoms with Crippen molar-refractivity contribution in [3.05, 3.63) is 0 Å². The lowest BCUT2D eigenvalue weighted by Gasteiger charge is -2.35.